The Bertz CT molecular complexity index is 199. The van der Waals surface area contributed by atoms with Crippen LogP contribution in [0.2, 0.25) is 0 Å². The number of nitrogens with one attached hydrogen (secondary N) is 1. The maximum absolute atomic E-state index is 3.26. The Morgan fingerprint density at radius 1 is 1.17 bits per heavy atom. The van der Waals surface area contributed by atoms with Gasteiger partial charge in [0.25, 0.3) is 0 Å². The molecule has 0 aliphatic carbocycles. The number of hydrogen-bond donors (Lipinski definition) is 1. The van der Waals surface area contributed by atoms with Gasteiger partial charge in [-0.05, 0) is 25.0 Å². The molecule has 0 fully saturated rings. The van der Waals surface area contributed by atoms with E-state index < -0.39 is 0 Å². The molecule has 12 heavy (non-hydrogen) atoms. The third-order valence-electron chi connectivity index (χ3n) is 1.93. The van der Waals surface area contributed by atoms with Crippen LogP contribution in [0.15, 0.2) is 36.2 Å². The monoisotopic (exact) mass is 163 g/mol. The highest BCUT2D eigenvalue weighted by molar-refractivity contribution is 5.20. The lowest BCUT2D eigenvalue weighted by Crippen LogP contribution is -2.03. The second kappa shape index (κ2) is 5.64. The molecule has 0 aromatic carbocycles. The highest BCUT2D eigenvalue weighted by atomic mass is 14.8. The van der Waals surface area contributed by atoms with E-state index in [1.807, 2.05) is 18.4 Å². The zero-order chi connectivity index (χ0) is 8.65. The smallest absolute Gasteiger partial charge is 0.0146 e. The Morgan fingerprint density at radius 3 is 2.92 bits per heavy atom. The first kappa shape index (κ1) is 9.11. The molecular weight excluding hydrogens is 146 g/mol. The summed E-state index contributed by atoms with van der Waals surface area (Å²) in [5, 5.41) is 3.26. The summed E-state index contributed by atoms with van der Waals surface area (Å²) in [6.07, 6.45) is 15.4. The second-order valence-corrected chi connectivity index (χ2v) is 3.04. The summed E-state index contributed by atoms with van der Waals surface area (Å²) >= 11 is 0. The van der Waals surface area contributed by atoms with Crippen LogP contribution in [-0.2, 0) is 0 Å². The lowest BCUT2D eigenvalue weighted by atomic mass is 10.1. The zero-order valence-electron chi connectivity index (χ0n) is 7.72. The lowest BCUT2D eigenvalue weighted by Gasteiger charge is -2.04. The molecular formula is C11H17N. The minimum absolute atomic E-state index is 1.17. The van der Waals surface area contributed by atoms with Gasteiger partial charge in [0.1, 0.15) is 0 Å². The van der Waals surface area contributed by atoms with Gasteiger partial charge in [-0.15, -0.1) is 0 Å². The van der Waals surface area contributed by atoms with E-state index in [1.165, 1.54) is 31.4 Å². The first-order chi connectivity index (χ1) is 5.93. The van der Waals surface area contributed by atoms with Crippen LogP contribution in [0.1, 0.15) is 32.6 Å². The summed E-state index contributed by atoms with van der Waals surface area (Å²) in [6, 6.07) is 0. The molecule has 1 heteroatoms. The van der Waals surface area contributed by atoms with Crippen LogP contribution in [-0.4, -0.2) is 0 Å². The van der Waals surface area contributed by atoms with Gasteiger partial charge in [-0.25, -0.2) is 0 Å². The van der Waals surface area contributed by atoms with Gasteiger partial charge in [-0.1, -0.05) is 31.9 Å². The van der Waals surface area contributed by atoms with Crippen molar-refractivity contribution in [3.05, 3.63) is 36.2 Å². The van der Waals surface area contributed by atoms with Crippen molar-refractivity contribution in [1.29, 1.82) is 0 Å². The molecule has 66 valence electrons. The molecule has 1 nitrogen and oxygen atoms in total. The third-order valence-corrected chi connectivity index (χ3v) is 1.93. The van der Waals surface area contributed by atoms with Crippen molar-refractivity contribution in [1.82, 2.24) is 5.32 Å². The van der Waals surface area contributed by atoms with E-state index in [-0.39, 0.29) is 0 Å². The van der Waals surface area contributed by atoms with Gasteiger partial charge in [0.15, 0.2) is 0 Å². The average Bonchev–Trinajstić information content (AvgIpc) is 2.33. The van der Waals surface area contributed by atoms with Gasteiger partial charge < -0.3 is 5.32 Å². The summed E-state index contributed by atoms with van der Waals surface area (Å²) in [4.78, 5) is 0. The van der Waals surface area contributed by atoms with E-state index >= 15 is 0 Å². The highest BCUT2D eigenvalue weighted by Gasteiger charge is 1.93. The van der Waals surface area contributed by atoms with Crippen LogP contribution in [0.5, 0.6) is 0 Å². The minimum atomic E-state index is 1.17. The molecule has 1 aliphatic heterocycles. The molecule has 0 saturated carbocycles. The van der Waals surface area contributed by atoms with Gasteiger partial charge in [-0.2, -0.15) is 0 Å². The zero-order valence-corrected chi connectivity index (χ0v) is 7.72. The van der Waals surface area contributed by atoms with E-state index in [1.54, 1.807) is 0 Å². The number of hydrogen-bond acceptors (Lipinski definition) is 1. The van der Waals surface area contributed by atoms with Crippen LogP contribution in [0.3, 0.4) is 0 Å². The fourth-order valence-electron chi connectivity index (χ4n) is 1.22. The predicted octanol–water partition coefficient (Wildman–Crippen LogP) is 3.12. The van der Waals surface area contributed by atoms with Crippen molar-refractivity contribution in [2.24, 2.45) is 0 Å². The Morgan fingerprint density at radius 2 is 2.08 bits per heavy atom. The summed E-state index contributed by atoms with van der Waals surface area (Å²) in [6.45, 7) is 2.23. The predicted molar refractivity (Wildman–Crippen MR) is 53.6 cm³/mol. The quantitative estimate of drug-likeness (QED) is 0.628. The van der Waals surface area contributed by atoms with Crippen molar-refractivity contribution < 1.29 is 0 Å². The Balaban J connectivity index is 2.26. The molecule has 0 aromatic rings. The van der Waals surface area contributed by atoms with Crippen LogP contribution in [0.4, 0.5) is 0 Å². The third kappa shape index (κ3) is 3.42. The Kier molecular flexibility index (Phi) is 4.28. The standard InChI is InChI=1S/C11H17N/c1-2-3-5-8-11-9-6-4-7-10-12-11/h4,6-7,9-10,12H,2-3,5,8H2,1H3. The Hall–Kier alpha value is -0.980. The number of rotatable bonds is 4. The largest absolute Gasteiger partial charge is 0.365 e. The molecule has 0 saturated heterocycles. The van der Waals surface area contributed by atoms with Crippen molar-refractivity contribution in [2.75, 3.05) is 0 Å². The van der Waals surface area contributed by atoms with Crippen LogP contribution < -0.4 is 5.32 Å². The molecule has 0 unspecified atom stereocenters. The molecule has 1 N–H and O–H groups in total. The minimum Gasteiger partial charge on any atom is -0.365 e. The average molecular weight is 163 g/mol. The molecule has 0 radical (unpaired) electrons. The summed E-state index contributed by atoms with van der Waals surface area (Å²) in [7, 11) is 0. The van der Waals surface area contributed by atoms with E-state index in [9.17, 15) is 0 Å². The number of allylic oxidation sites excluding steroid dienone is 5. The van der Waals surface area contributed by atoms with Crippen LogP contribution >= 0.6 is 0 Å². The Labute approximate surface area is 74.9 Å². The molecule has 0 atom stereocenters. The fourth-order valence-corrected chi connectivity index (χ4v) is 1.22. The van der Waals surface area contributed by atoms with Crippen molar-refractivity contribution in [3.8, 4) is 0 Å². The van der Waals surface area contributed by atoms with Gasteiger partial charge in [0, 0.05) is 11.9 Å². The highest BCUT2D eigenvalue weighted by Crippen LogP contribution is 2.07. The summed E-state index contributed by atoms with van der Waals surface area (Å²) in [5.41, 5.74) is 1.33. The van der Waals surface area contributed by atoms with Crippen molar-refractivity contribution in [2.45, 2.75) is 32.6 Å². The lowest BCUT2D eigenvalue weighted by molar-refractivity contribution is 0.696. The maximum Gasteiger partial charge on any atom is 0.0146 e. The molecule has 1 aliphatic rings. The van der Waals surface area contributed by atoms with Gasteiger partial charge in [0.05, 0.1) is 0 Å². The first-order valence-corrected chi connectivity index (χ1v) is 4.72. The van der Waals surface area contributed by atoms with E-state index in [2.05, 4.69) is 24.4 Å². The van der Waals surface area contributed by atoms with Gasteiger partial charge in [-0.3, -0.25) is 0 Å². The van der Waals surface area contributed by atoms with Crippen LogP contribution in [0.25, 0.3) is 0 Å². The van der Waals surface area contributed by atoms with Gasteiger partial charge in [0.2, 0.25) is 0 Å². The molecule has 0 aromatic heterocycles. The molecule has 1 heterocycles. The first-order valence-electron chi connectivity index (χ1n) is 4.72. The molecule has 0 spiro atoms. The van der Waals surface area contributed by atoms with Crippen molar-refractivity contribution in [3.63, 3.8) is 0 Å². The van der Waals surface area contributed by atoms with E-state index in [4.69, 9.17) is 0 Å². The van der Waals surface area contributed by atoms with E-state index in [0.717, 1.165) is 0 Å². The summed E-state index contributed by atoms with van der Waals surface area (Å²) in [5.74, 6) is 0. The number of unbranched alkanes of at least 4 members (excludes halogenated alkanes) is 2. The van der Waals surface area contributed by atoms with Crippen LogP contribution in [0, 0.1) is 0 Å². The second-order valence-electron chi connectivity index (χ2n) is 3.04. The molecule has 0 amide bonds. The van der Waals surface area contributed by atoms with E-state index in [0.29, 0.717) is 0 Å². The normalized spacial score (nSPS) is 15.2. The maximum atomic E-state index is 3.26. The van der Waals surface area contributed by atoms with Gasteiger partial charge >= 0.3 is 0 Å². The molecule has 1 rings (SSSR count). The summed E-state index contributed by atoms with van der Waals surface area (Å²) < 4.78 is 0. The fraction of sp³-hybridized carbons (Fsp3) is 0.455. The topological polar surface area (TPSA) is 12.0 Å². The van der Waals surface area contributed by atoms with Crippen molar-refractivity contribution >= 4 is 0 Å². The molecule has 0 bridgehead atoms. The SMILES string of the molecule is CCCCCC1=CC=CC=CN1.